The summed E-state index contributed by atoms with van der Waals surface area (Å²) in [7, 11) is 2.91. The Bertz CT molecular complexity index is 1560. The van der Waals surface area contributed by atoms with E-state index in [4.69, 9.17) is 27.9 Å². The van der Waals surface area contributed by atoms with Crippen molar-refractivity contribution in [1.82, 2.24) is 18.7 Å². The summed E-state index contributed by atoms with van der Waals surface area (Å²) in [6.07, 6.45) is 5.49. The monoisotopic (exact) mass is 530 g/mol. The number of nitrogens with zero attached hydrogens (tertiary/aromatic N) is 4. The quantitative estimate of drug-likeness (QED) is 0.328. The molecule has 4 aromatic rings. The number of rotatable bonds is 5. The van der Waals surface area contributed by atoms with Crippen molar-refractivity contribution in [3.63, 3.8) is 0 Å². The standard InChI is InChI=1S/C26H25Cl2FN4O3/c1-31-23-22(24(34)32(2)26(31)35)33(14-18-19(28)9-6-10-20(18)29)25(30-23)36-21-12-11-16(27)13-17(21)15-7-4-3-5-8-15/h6,9-13,15H,3-5,7-8,14H2,1-2H3. The lowest BCUT2D eigenvalue weighted by molar-refractivity contribution is 0.393. The van der Waals surface area contributed by atoms with Gasteiger partial charge in [-0.1, -0.05) is 48.5 Å². The molecule has 0 unspecified atom stereocenters. The molecule has 0 aliphatic heterocycles. The van der Waals surface area contributed by atoms with Crippen molar-refractivity contribution < 1.29 is 9.13 Å². The predicted molar refractivity (Wildman–Crippen MR) is 138 cm³/mol. The first-order chi connectivity index (χ1) is 17.3. The fourth-order valence-corrected chi connectivity index (χ4v) is 5.34. The Morgan fingerprint density at radius 3 is 2.53 bits per heavy atom. The van der Waals surface area contributed by atoms with E-state index >= 15 is 0 Å². The number of aromatic nitrogens is 4. The molecule has 1 fully saturated rings. The molecule has 2 aromatic carbocycles. The second kappa shape index (κ2) is 9.75. The summed E-state index contributed by atoms with van der Waals surface area (Å²) in [5.41, 5.74) is 0.309. The molecule has 1 aliphatic carbocycles. The summed E-state index contributed by atoms with van der Waals surface area (Å²) in [5, 5.41) is 0.810. The number of aryl methyl sites for hydroxylation is 1. The number of halogens is 3. The zero-order chi connectivity index (χ0) is 25.6. The topological polar surface area (TPSA) is 71.1 Å². The maximum absolute atomic E-state index is 14.8. The Balaban J connectivity index is 1.71. The summed E-state index contributed by atoms with van der Waals surface area (Å²) in [5.74, 6) is 0.319. The molecular formula is C26H25Cl2FN4O3. The summed E-state index contributed by atoms with van der Waals surface area (Å²) in [4.78, 5) is 30.3. The average Bonchev–Trinajstić information content (AvgIpc) is 3.23. The van der Waals surface area contributed by atoms with E-state index in [1.54, 1.807) is 18.2 Å². The molecule has 0 saturated heterocycles. The van der Waals surface area contributed by atoms with Gasteiger partial charge < -0.3 is 4.74 Å². The zero-order valence-electron chi connectivity index (χ0n) is 19.9. The number of imidazole rings is 1. The smallest absolute Gasteiger partial charge is 0.332 e. The van der Waals surface area contributed by atoms with Crippen LogP contribution < -0.4 is 16.0 Å². The minimum absolute atomic E-state index is 0.0574. The largest absolute Gasteiger partial charge is 0.425 e. The van der Waals surface area contributed by atoms with Gasteiger partial charge in [0.05, 0.1) is 6.54 Å². The first-order valence-electron chi connectivity index (χ1n) is 11.8. The van der Waals surface area contributed by atoms with Crippen LogP contribution in [0.4, 0.5) is 4.39 Å². The van der Waals surface area contributed by atoms with Crippen LogP contribution >= 0.6 is 23.2 Å². The van der Waals surface area contributed by atoms with E-state index in [9.17, 15) is 14.0 Å². The van der Waals surface area contributed by atoms with Crippen LogP contribution in [0.15, 0.2) is 46.0 Å². The van der Waals surface area contributed by atoms with Gasteiger partial charge in [-0.2, -0.15) is 4.98 Å². The molecular weight excluding hydrogens is 506 g/mol. The molecule has 0 atom stereocenters. The first-order valence-corrected chi connectivity index (χ1v) is 12.6. The Kier molecular flexibility index (Phi) is 6.66. The maximum atomic E-state index is 14.8. The second-order valence-corrected chi connectivity index (χ2v) is 10.0. The van der Waals surface area contributed by atoms with Crippen LogP contribution in [0.3, 0.4) is 0 Å². The molecule has 2 aromatic heterocycles. The lowest BCUT2D eigenvalue weighted by Crippen LogP contribution is -2.37. The molecule has 1 saturated carbocycles. The molecule has 2 heterocycles. The highest BCUT2D eigenvalue weighted by Gasteiger charge is 2.25. The molecule has 0 N–H and O–H groups in total. The number of fused-ring (bicyclic) bond motifs is 1. The van der Waals surface area contributed by atoms with E-state index in [2.05, 4.69) is 4.98 Å². The van der Waals surface area contributed by atoms with Gasteiger partial charge in [0, 0.05) is 29.7 Å². The Morgan fingerprint density at radius 2 is 1.81 bits per heavy atom. The number of benzene rings is 2. The highest BCUT2D eigenvalue weighted by Crippen LogP contribution is 2.40. The molecule has 0 bridgehead atoms. The van der Waals surface area contributed by atoms with Crippen LogP contribution in [-0.2, 0) is 20.6 Å². The van der Waals surface area contributed by atoms with E-state index in [0.29, 0.717) is 10.8 Å². The molecule has 7 nitrogen and oxygen atoms in total. The van der Waals surface area contributed by atoms with Crippen molar-refractivity contribution in [3.8, 4) is 11.8 Å². The minimum Gasteiger partial charge on any atom is -0.425 e. The molecule has 1 aliphatic rings. The normalized spacial score (nSPS) is 14.5. The summed E-state index contributed by atoms with van der Waals surface area (Å²) >= 11 is 12.7. The van der Waals surface area contributed by atoms with E-state index in [0.717, 1.165) is 35.8 Å². The van der Waals surface area contributed by atoms with Gasteiger partial charge in [-0.3, -0.25) is 18.5 Å². The number of ether oxygens (including phenoxy) is 1. The molecule has 0 amide bonds. The summed E-state index contributed by atoms with van der Waals surface area (Å²) in [6, 6.07) is 9.87. The summed E-state index contributed by atoms with van der Waals surface area (Å²) in [6.45, 7) is -0.114. The number of hydrogen-bond acceptors (Lipinski definition) is 4. The molecule has 10 heteroatoms. The predicted octanol–water partition coefficient (Wildman–Crippen LogP) is 5.77. The van der Waals surface area contributed by atoms with E-state index < -0.39 is 17.1 Å². The minimum atomic E-state index is -0.563. The highest BCUT2D eigenvalue weighted by molar-refractivity contribution is 6.31. The Labute approximate surface area is 216 Å². The van der Waals surface area contributed by atoms with Crippen molar-refractivity contribution >= 4 is 34.4 Å². The SMILES string of the molecule is Cn1c(=O)c2c(nc(Oc3ccc(Cl)cc3C3CCCCC3)n2Cc2c(F)cccc2Cl)n(C)c1=O. The van der Waals surface area contributed by atoms with Gasteiger partial charge >= 0.3 is 11.7 Å². The molecule has 188 valence electrons. The fourth-order valence-electron chi connectivity index (χ4n) is 4.94. The third-order valence-electron chi connectivity index (χ3n) is 6.91. The lowest BCUT2D eigenvalue weighted by atomic mass is 9.84. The van der Waals surface area contributed by atoms with E-state index in [1.165, 1.54) is 41.8 Å². The molecule has 0 radical (unpaired) electrons. The zero-order valence-corrected chi connectivity index (χ0v) is 21.4. The van der Waals surface area contributed by atoms with Crippen molar-refractivity contribution in [2.24, 2.45) is 14.1 Å². The van der Waals surface area contributed by atoms with Crippen LogP contribution in [0.1, 0.15) is 49.1 Å². The Hall–Kier alpha value is -3.10. The van der Waals surface area contributed by atoms with Gasteiger partial charge in [0.2, 0.25) is 0 Å². The third kappa shape index (κ3) is 4.33. The lowest BCUT2D eigenvalue weighted by Gasteiger charge is -2.24. The van der Waals surface area contributed by atoms with Gasteiger partial charge in [0.25, 0.3) is 5.56 Å². The van der Waals surface area contributed by atoms with Crippen LogP contribution in [0.2, 0.25) is 10.0 Å². The van der Waals surface area contributed by atoms with E-state index in [-0.39, 0.29) is 40.2 Å². The fraction of sp³-hybridized carbons (Fsp3) is 0.346. The second-order valence-electron chi connectivity index (χ2n) is 9.18. The van der Waals surface area contributed by atoms with Gasteiger partial charge in [0.1, 0.15) is 11.6 Å². The highest BCUT2D eigenvalue weighted by atomic mass is 35.5. The van der Waals surface area contributed by atoms with Crippen LogP contribution in [0.5, 0.6) is 11.8 Å². The third-order valence-corrected chi connectivity index (χ3v) is 7.50. The summed E-state index contributed by atoms with van der Waals surface area (Å²) < 4.78 is 24.8. The maximum Gasteiger partial charge on any atom is 0.332 e. The van der Waals surface area contributed by atoms with Gasteiger partial charge in [-0.05, 0) is 54.7 Å². The molecule has 0 spiro atoms. The number of hydrogen-bond donors (Lipinski definition) is 0. The van der Waals surface area contributed by atoms with Crippen LogP contribution in [-0.4, -0.2) is 18.7 Å². The molecule has 36 heavy (non-hydrogen) atoms. The van der Waals surface area contributed by atoms with Crippen molar-refractivity contribution in [3.05, 3.63) is 84.2 Å². The van der Waals surface area contributed by atoms with Gasteiger partial charge in [-0.15, -0.1) is 0 Å². The van der Waals surface area contributed by atoms with Crippen LogP contribution in [0.25, 0.3) is 11.2 Å². The van der Waals surface area contributed by atoms with Gasteiger partial charge in [0.15, 0.2) is 11.2 Å². The van der Waals surface area contributed by atoms with Crippen LogP contribution in [0, 0.1) is 5.82 Å². The van der Waals surface area contributed by atoms with Gasteiger partial charge in [-0.25, -0.2) is 9.18 Å². The first kappa shape index (κ1) is 24.6. The molecule has 5 rings (SSSR count). The van der Waals surface area contributed by atoms with Crippen molar-refractivity contribution in [2.45, 2.75) is 44.6 Å². The Morgan fingerprint density at radius 1 is 1.06 bits per heavy atom. The van der Waals surface area contributed by atoms with Crippen molar-refractivity contribution in [2.75, 3.05) is 0 Å². The average molecular weight is 531 g/mol. The van der Waals surface area contributed by atoms with E-state index in [1.807, 2.05) is 6.07 Å². The van der Waals surface area contributed by atoms with Crippen molar-refractivity contribution in [1.29, 1.82) is 0 Å².